The van der Waals surface area contributed by atoms with Crippen molar-refractivity contribution in [3.05, 3.63) is 0 Å². The van der Waals surface area contributed by atoms with Crippen molar-refractivity contribution in [1.82, 2.24) is 0 Å². The van der Waals surface area contributed by atoms with Crippen molar-refractivity contribution in [2.45, 2.75) is 66.7 Å². The Balaban J connectivity index is 2.24. The molecule has 1 heterocycles. The molecule has 0 aromatic carbocycles. The van der Waals surface area contributed by atoms with Crippen molar-refractivity contribution >= 4 is 9.84 Å². The third kappa shape index (κ3) is 4.18. The number of rotatable bonds is 6. The summed E-state index contributed by atoms with van der Waals surface area (Å²) in [5.41, 5.74) is -10.4. The van der Waals surface area contributed by atoms with Crippen molar-refractivity contribution in [2.75, 3.05) is 13.2 Å². The summed E-state index contributed by atoms with van der Waals surface area (Å²) in [5.74, 6) is -2.17. The minimum atomic E-state index is -6.59. The number of halogens is 8. The lowest BCUT2D eigenvalue weighted by Gasteiger charge is -2.37. The number of ether oxygens (including phenoxy) is 2. The molecule has 1 saturated heterocycles. The van der Waals surface area contributed by atoms with E-state index in [9.17, 15) is 43.5 Å². The van der Waals surface area contributed by atoms with Crippen molar-refractivity contribution in [3.63, 3.8) is 0 Å². The number of alkyl halides is 8. The highest BCUT2D eigenvalue weighted by Gasteiger charge is 2.71. The van der Waals surface area contributed by atoms with Crippen LogP contribution in [0.3, 0.4) is 0 Å². The van der Waals surface area contributed by atoms with Crippen LogP contribution in [0, 0.1) is 17.2 Å². The van der Waals surface area contributed by atoms with Crippen LogP contribution in [0.1, 0.15) is 25.7 Å². The highest BCUT2D eigenvalue weighted by molar-refractivity contribution is 7.92. The lowest BCUT2D eigenvalue weighted by molar-refractivity contribution is -0.290. The molecule has 1 spiro atoms. The van der Waals surface area contributed by atoms with E-state index in [-0.39, 0.29) is 38.9 Å². The van der Waals surface area contributed by atoms with E-state index in [1.165, 1.54) is 6.07 Å². The lowest BCUT2D eigenvalue weighted by atomic mass is 9.83. The minimum absolute atomic E-state index is 0.0774. The first-order chi connectivity index (χ1) is 13.2. The highest BCUT2D eigenvalue weighted by atomic mass is 32.2. The summed E-state index contributed by atoms with van der Waals surface area (Å²) in [6, 6.07) is 1.18. The second-order valence-corrected chi connectivity index (χ2v) is 9.04. The zero-order chi connectivity index (χ0) is 22.3. The van der Waals surface area contributed by atoms with Gasteiger partial charge in [0.1, 0.15) is 0 Å². The van der Waals surface area contributed by atoms with Crippen LogP contribution in [0.5, 0.6) is 0 Å². The summed E-state index contributed by atoms with van der Waals surface area (Å²) < 4.78 is 140. The van der Waals surface area contributed by atoms with Gasteiger partial charge in [-0.3, -0.25) is 0 Å². The Labute approximate surface area is 160 Å². The summed E-state index contributed by atoms with van der Waals surface area (Å²) in [7, 11) is -5.72. The van der Waals surface area contributed by atoms with Crippen LogP contribution in [0.25, 0.3) is 0 Å². The van der Waals surface area contributed by atoms with Gasteiger partial charge in [0.05, 0.1) is 19.3 Å². The average Bonchev–Trinajstić information content (AvgIpc) is 3.08. The minimum Gasteiger partial charge on any atom is -0.348 e. The predicted octanol–water partition coefficient (Wildman–Crippen LogP) is 3.40. The second kappa shape index (κ2) is 8.14. The van der Waals surface area contributed by atoms with Crippen molar-refractivity contribution in [1.29, 1.82) is 5.26 Å². The van der Waals surface area contributed by atoms with E-state index in [1.54, 1.807) is 0 Å². The normalized spacial score (nSPS) is 26.1. The summed E-state index contributed by atoms with van der Waals surface area (Å²) >= 11 is 0. The van der Waals surface area contributed by atoms with Gasteiger partial charge in [-0.15, -0.1) is 0 Å². The van der Waals surface area contributed by atoms with E-state index in [2.05, 4.69) is 0 Å². The maximum Gasteiger partial charge on any atom is 0.431 e. The van der Waals surface area contributed by atoms with E-state index in [1.807, 2.05) is 0 Å². The molecule has 1 aliphatic heterocycles. The van der Waals surface area contributed by atoms with Gasteiger partial charge >= 0.3 is 6.18 Å². The third-order valence-electron chi connectivity index (χ3n) is 5.21. The molecule has 2 aliphatic rings. The number of hydrogen-bond donors (Lipinski definition) is 0. The molecule has 0 aromatic heterocycles. The fourth-order valence-corrected chi connectivity index (χ4v) is 5.28. The molecule has 4 unspecified atom stereocenters. The van der Waals surface area contributed by atoms with E-state index in [4.69, 9.17) is 14.7 Å². The Morgan fingerprint density at radius 2 is 1.48 bits per heavy atom. The standard InChI is InChI=1S/C15H17F8NO4S/c16-10(14(20,12(18)19)15(21,22)23)11(17)29(25,26)9(7-24)8-1-3-13(4-2-8)27-5-6-28-13/h8-12H,1-6H2. The van der Waals surface area contributed by atoms with Gasteiger partial charge in [-0.1, -0.05) is 0 Å². The lowest BCUT2D eigenvalue weighted by Crippen LogP contribution is -2.59. The number of nitrogens with zero attached hydrogens (tertiary/aromatic N) is 1. The SMILES string of the molecule is N#CC(C1CCC2(CC1)OCCO2)S(=O)(=O)C(F)C(F)C(F)(C(F)F)C(F)(F)F. The van der Waals surface area contributed by atoms with Gasteiger partial charge in [-0.25, -0.2) is 30.4 Å². The third-order valence-corrected chi connectivity index (χ3v) is 7.28. The monoisotopic (exact) mass is 459 g/mol. The van der Waals surface area contributed by atoms with Crippen LogP contribution < -0.4 is 0 Å². The maximum absolute atomic E-state index is 14.2. The Morgan fingerprint density at radius 1 is 1.00 bits per heavy atom. The quantitative estimate of drug-likeness (QED) is 0.570. The van der Waals surface area contributed by atoms with E-state index < -0.39 is 56.7 Å². The summed E-state index contributed by atoms with van der Waals surface area (Å²) in [6.45, 7) is 0.536. The molecule has 168 valence electrons. The summed E-state index contributed by atoms with van der Waals surface area (Å²) in [4.78, 5) is 0. The molecule has 5 nitrogen and oxygen atoms in total. The smallest absolute Gasteiger partial charge is 0.348 e. The zero-order valence-electron chi connectivity index (χ0n) is 14.6. The molecule has 0 N–H and O–H groups in total. The van der Waals surface area contributed by atoms with Crippen molar-refractivity contribution in [2.24, 2.45) is 5.92 Å². The molecule has 2 rings (SSSR count). The predicted molar refractivity (Wildman–Crippen MR) is 80.6 cm³/mol. The molecule has 2 fully saturated rings. The molecule has 29 heavy (non-hydrogen) atoms. The molecular formula is C15H17F8NO4S. The Hall–Kier alpha value is -1.20. The van der Waals surface area contributed by atoms with E-state index >= 15 is 0 Å². The molecule has 1 saturated carbocycles. The topological polar surface area (TPSA) is 76.4 Å². The Morgan fingerprint density at radius 3 is 1.86 bits per heavy atom. The van der Waals surface area contributed by atoms with Crippen LogP contribution in [0.4, 0.5) is 35.1 Å². The molecule has 0 bridgehead atoms. The number of sulfone groups is 1. The van der Waals surface area contributed by atoms with Crippen molar-refractivity contribution in [3.8, 4) is 6.07 Å². The summed E-state index contributed by atoms with van der Waals surface area (Å²) in [5, 5.41) is 6.77. The first-order valence-corrected chi connectivity index (χ1v) is 10.1. The van der Waals surface area contributed by atoms with Crippen LogP contribution in [-0.2, 0) is 19.3 Å². The largest absolute Gasteiger partial charge is 0.431 e. The number of hydrogen-bond acceptors (Lipinski definition) is 5. The average molecular weight is 459 g/mol. The van der Waals surface area contributed by atoms with Crippen LogP contribution in [0.15, 0.2) is 0 Å². The maximum atomic E-state index is 14.2. The molecular weight excluding hydrogens is 442 g/mol. The van der Waals surface area contributed by atoms with Gasteiger partial charge in [0.2, 0.25) is 15.3 Å². The molecule has 0 amide bonds. The Bertz CT molecular complexity index is 724. The van der Waals surface area contributed by atoms with Gasteiger partial charge in [-0.05, 0) is 18.8 Å². The van der Waals surface area contributed by atoms with Crippen LogP contribution >= 0.6 is 0 Å². The zero-order valence-corrected chi connectivity index (χ0v) is 15.5. The van der Waals surface area contributed by atoms with Crippen molar-refractivity contribution < 1.29 is 53.0 Å². The fourth-order valence-electron chi connectivity index (χ4n) is 3.51. The molecule has 14 heteroatoms. The second-order valence-electron chi connectivity index (χ2n) is 6.90. The molecule has 4 atom stereocenters. The van der Waals surface area contributed by atoms with Gasteiger partial charge in [0.15, 0.2) is 17.2 Å². The van der Waals surface area contributed by atoms with Gasteiger partial charge in [-0.2, -0.15) is 18.4 Å². The van der Waals surface area contributed by atoms with E-state index in [0.717, 1.165) is 0 Å². The molecule has 1 aliphatic carbocycles. The van der Waals surface area contributed by atoms with E-state index in [0.29, 0.717) is 0 Å². The van der Waals surface area contributed by atoms with Gasteiger partial charge in [0.25, 0.3) is 12.1 Å². The Kier molecular flexibility index (Phi) is 6.76. The first kappa shape index (κ1) is 24.1. The summed E-state index contributed by atoms with van der Waals surface area (Å²) in [6.07, 6.45) is -16.5. The van der Waals surface area contributed by atoms with Crippen LogP contribution in [-0.4, -0.2) is 62.6 Å². The highest BCUT2D eigenvalue weighted by Crippen LogP contribution is 2.46. The van der Waals surface area contributed by atoms with Crippen LogP contribution in [0.2, 0.25) is 0 Å². The molecule has 0 aromatic rings. The van der Waals surface area contributed by atoms with Gasteiger partial charge < -0.3 is 9.47 Å². The molecule has 0 radical (unpaired) electrons. The fraction of sp³-hybridized carbons (Fsp3) is 0.933. The van der Waals surface area contributed by atoms with Gasteiger partial charge in [0, 0.05) is 12.8 Å². The number of nitriles is 1. The first-order valence-electron chi connectivity index (χ1n) is 8.45.